The zero-order chi connectivity index (χ0) is 16.4. The number of amides is 1. The highest BCUT2D eigenvalue weighted by molar-refractivity contribution is 5.92. The molecule has 7 nitrogen and oxygen atoms in total. The summed E-state index contributed by atoms with van der Waals surface area (Å²) in [5.74, 6) is -0.0277. The number of carbonyl (C=O) groups is 1. The molecule has 1 N–H and O–H groups in total. The third kappa shape index (κ3) is 3.05. The molecule has 0 radical (unpaired) electrons. The maximum absolute atomic E-state index is 12.3. The quantitative estimate of drug-likeness (QED) is 0.917. The van der Waals surface area contributed by atoms with Gasteiger partial charge >= 0.3 is 0 Å². The summed E-state index contributed by atoms with van der Waals surface area (Å²) in [6.07, 6.45) is 7.03. The summed E-state index contributed by atoms with van der Waals surface area (Å²) in [4.78, 5) is 18.2. The van der Waals surface area contributed by atoms with E-state index in [9.17, 15) is 4.79 Å². The fourth-order valence-corrected chi connectivity index (χ4v) is 3.38. The minimum atomic E-state index is -0.256. The Hall–Kier alpha value is -2.25. The van der Waals surface area contributed by atoms with E-state index in [2.05, 4.69) is 15.2 Å². The molecule has 4 rings (SSSR count). The lowest BCUT2D eigenvalue weighted by molar-refractivity contribution is -0.188. The largest absolute Gasteiger partial charge is 0.373 e. The molecule has 0 bridgehead atoms. The van der Waals surface area contributed by atoms with Crippen LogP contribution in [0, 0.1) is 0 Å². The number of nitrogens with one attached hydrogen (secondary N) is 1. The predicted octanol–water partition coefficient (Wildman–Crippen LogP) is 1.40. The van der Waals surface area contributed by atoms with Gasteiger partial charge in [0.05, 0.1) is 25.8 Å². The normalized spacial score (nSPS) is 22.3. The standard InChI is InChI=1S/C17H20N4O3/c22-16(15-3-6-19-20-15)21-11-17(12-21)8-14(4-7-24-17)23-10-13-2-1-5-18-9-13/h1-3,5-6,9,14H,4,7-8,10-12H2,(H,19,20)/t14-/m1/s1. The SMILES string of the molecule is O=C(c1ccn[nH]1)N1CC2(C[C@H](OCc3cccnc3)CCO2)C1. The van der Waals surface area contributed by atoms with Gasteiger partial charge in [-0.05, 0) is 24.1 Å². The number of aromatic amines is 1. The summed E-state index contributed by atoms with van der Waals surface area (Å²) < 4.78 is 12.0. The molecule has 0 aromatic carbocycles. The molecule has 2 saturated heterocycles. The molecule has 1 amide bonds. The fourth-order valence-electron chi connectivity index (χ4n) is 3.38. The van der Waals surface area contributed by atoms with Crippen molar-refractivity contribution in [3.05, 3.63) is 48.0 Å². The Kier molecular flexibility index (Phi) is 4.03. The number of ether oxygens (including phenoxy) is 2. The zero-order valence-corrected chi connectivity index (χ0v) is 13.4. The Morgan fingerprint density at radius 1 is 1.42 bits per heavy atom. The van der Waals surface area contributed by atoms with Crippen molar-refractivity contribution in [3.63, 3.8) is 0 Å². The predicted molar refractivity (Wildman–Crippen MR) is 85.2 cm³/mol. The van der Waals surface area contributed by atoms with Crippen LogP contribution in [0.15, 0.2) is 36.8 Å². The number of hydrogen-bond donors (Lipinski definition) is 1. The zero-order valence-electron chi connectivity index (χ0n) is 13.4. The van der Waals surface area contributed by atoms with Gasteiger partial charge in [0.25, 0.3) is 5.91 Å². The Labute approximate surface area is 140 Å². The lowest BCUT2D eigenvalue weighted by Crippen LogP contribution is -2.67. The number of carbonyl (C=O) groups excluding carboxylic acids is 1. The molecule has 7 heteroatoms. The molecule has 0 unspecified atom stereocenters. The van der Waals surface area contributed by atoms with E-state index in [4.69, 9.17) is 9.47 Å². The minimum absolute atomic E-state index is 0.0277. The molecule has 0 aliphatic carbocycles. The number of pyridine rings is 1. The van der Waals surface area contributed by atoms with Gasteiger partial charge in [-0.3, -0.25) is 14.9 Å². The first-order chi connectivity index (χ1) is 11.7. The molecule has 2 aliphatic rings. The summed E-state index contributed by atoms with van der Waals surface area (Å²) >= 11 is 0. The topological polar surface area (TPSA) is 80.3 Å². The lowest BCUT2D eigenvalue weighted by atomic mass is 9.84. The average Bonchev–Trinajstić information content (AvgIpc) is 3.13. The fraction of sp³-hybridized carbons (Fsp3) is 0.471. The van der Waals surface area contributed by atoms with Crippen molar-refractivity contribution in [1.82, 2.24) is 20.1 Å². The van der Waals surface area contributed by atoms with Gasteiger partial charge in [0.2, 0.25) is 0 Å². The van der Waals surface area contributed by atoms with Gasteiger partial charge in [0.15, 0.2) is 0 Å². The Morgan fingerprint density at radius 3 is 3.08 bits per heavy atom. The molecule has 2 fully saturated rings. The third-order valence-electron chi connectivity index (χ3n) is 4.63. The number of rotatable bonds is 4. The molecular weight excluding hydrogens is 308 g/mol. The second kappa shape index (κ2) is 6.33. The van der Waals surface area contributed by atoms with E-state index < -0.39 is 0 Å². The van der Waals surface area contributed by atoms with Crippen molar-refractivity contribution in [1.29, 1.82) is 0 Å². The average molecular weight is 328 g/mol. The van der Waals surface area contributed by atoms with E-state index in [1.54, 1.807) is 23.4 Å². The summed E-state index contributed by atoms with van der Waals surface area (Å²) in [7, 11) is 0. The maximum Gasteiger partial charge on any atom is 0.272 e. The number of nitrogens with zero attached hydrogens (tertiary/aromatic N) is 3. The van der Waals surface area contributed by atoms with Crippen LogP contribution in [0.3, 0.4) is 0 Å². The lowest BCUT2D eigenvalue weighted by Gasteiger charge is -2.52. The van der Waals surface area contributed by atoms with Crippen molar-refractivity contribution >= 4 is 5.91 Å². The number of likely N-dealkylation sites (tertiary alicyclic amines) is 1. The molecule has 4 heterocycles. The van der Waals surface area contributed by atoms with Gasteiger partial charge in [-0.25, -0.2) is 0 Å². The molecule has 126 valence electrons. The number of H-pyrrole nitrogens is 1. The van der Waals surface area contributed by atoms with Gasteiger partial charge in [-0.2, -0.15) is 5.10 Å². The molecule has 1 atom stereocenters. The molecule has 2 aromatic heterocycles. The molecule has 1 spiro atoms. The van der Waals surface area contributed by atoms with Crippen LogP contribution in [0.1, 0.15) is 28.9 Å². The van der Waals surface area contributed by atoms with Gasteiger partial charge in [-0.1, -0.05) is 6.07 Å². The molecule has 0 saturated carbocycles. The molecular formula is C17H20N4O3. The van der Waals surface area contributed by atoms with Crippen LogP contribution < -0.4 is 0 Å². The van der Waals surface area contributed by atoms with Crippen LogP contribution in [-0.2, 0) is 16.1 Å². The van der Waals surface area contributed by atoms with Gasteiger partial charge in [0.1, 0.15) is 11.3 Å². The Balaban J connectivity index is 1.30. The van der Waals surface area contributed by atoms with E-state index in [0.717, 1.165) is 18.4 Å². The second-order valence-corrected chi connectivity index (χ2v) is 6.45. The van der Waals surface area contributed by atoms with E-state index >= 15 is 0 Å². The highest BCUT2D eigenvalue weighted by Gasteiger charge is 2.49. The van der Waals surface area contributed by atoms with Crippen molar-refractivity contribution in [3.8, 4) is 0 Å². The highest BCUT2D eigenvalue weighted by atomic mass is 16.5. The molecule has 2 aromatic rings. The Bertz CT molecular complexity index is 683. The monoisotopic (exact) mass is 328 g/mol. The van der Waals surface area contributed by atoms with Gasteiger partial charge < -0.3 is 14.4 Å². The van der Waals surface area contributed by atoms with Crippen LogP contribution in [-0.4, -0.2) is 57.4 Å². The van der Waals surface area contributed by atoms with Gasteiger partial charge in [-0.15, -0.1) is 0 Å². The second-order valence-electron chi connectivity index (χ2n) is 6.45. The van der Waals surface area contributed by atoms with Crippen LogP contribution >= 0.6 is 0 Å². The van der Waals surface area contributed by atoms with Crippen LogP contribution in [0.25, 0.3) is 0 Å². The first-order valence-electron chi connectivity index (χ1n) is 8.17. The van der Waals surface area contributed by atoms with E-state index in [1.165, 1.54) is 0 Å². The minimum Gasteiger partial charge on any atom is -0.373 e. The summed E-state index contributed by atoms with van der Waals surface area (Å²) in [5.41, 5.74) is 1.33. The smallest absolute Gasteiger partial charge is 0.272 e. The van der Waals surface area contributed by atoms with Crippen LogP contribution in [0.5, 0.6) is 0 Å². The maximum atomic E-state index is 12.3. The van der Waals surface area contributed by atoms with Crippen molar-refractivity contribution < 1.29 is 14.3 Å². The van der Waals surface area contributed by atoms with Crippen molar-refractivity contribution in [2.75, 3.05) is 19.7 Å². The molecule has 2 aliphatic heterocycles. The Morgan fingerprint density at radius 2 is 2.33 bits per heavy atom. The summed E-state index contributed by atoms with van der Waals surface area (Å²) in [5, 5.41) is 6.54. The third-order valence-corrected chi connectivity index (χ3v) is 4.63. The van der Waals surface area contributed by atoms with E-state index in [-0.39, 0.29) is 17.6 Å². The highest BCUT2D eigenvalue weighted by Crippen LogP contribution is 2.36. The number of aromatic nitrogens is 3. The first-order valence-corrected chi connectivity index (χ1v) is 8.17. The van der Waals surface area contributed by atoms with Crippen molar-refractivity contribution in [2.24, 2.45) is 0 Å². The van der Waals surface area contributed by atoms with Gasteiger partial charge in [0, 0.05) is 31.6 Å². The van der Waals surface area contributed by atoms with Crippen LogP contribution in [0.4, 0.5) is 0 Å². The first kappa shape index (κ1) is 15.3. The van der Waals surface area contributed by atoms with Crippen LogP contribution in [0.2, 0.25) is 0 Å². The van der Waals surface area contributed by atoms with Crippen molar-refractivity contribution in [2.45, 2.75) is 31.2 Å². The van der Waals surface area contributed by atoms with E-state index in [1.807, 2.05) is 18.3 Å². The number of hydrogen-bond acceptors (Lipinski definition) is 5. The van der Waals surface area contributed by atoms with E-state index in [0.29, 0.717) is 32.0 Å². The molecule has 24 heavy (non-hydrogen) atoms. The summed E-state index contributed by atoms with van der Waals surface area (Å²) in [6, 6.07) is 5.61. The summed E-state index contributed by atoms with van der Waals surface area (Å²) in [6.45, 7) is 2.45.